The molecule has 3 heteroatoms. The van der Waals surface area contributed by atoms with E-state index in [1.54, 1.807) is 0 Å². The van der Waals surface area contributed by atoms with Gasteiger partial charge in [0.15, 0.2) is 0 Å². The predicted octanol–water partition coefficient (Wildman–Crippen LogP) is 1.19. The van der Waals surface area contributed by atoms with Crippen molar-refractivity contribution in [3.63, 3.8) is 0 Å². The predicted molar refractivity (Wildman–Crippen MR) is 55.9 cm³/mol. The third-order valence-electron chi connectivity index (χ3n) is 1.86. The van der Waals surface area contributed by atoms with Crippen LogP contribution < -0.4 is 10.6 Å². The van der Waals surface area contributed by atoms with E-state index in [1.165, 1.54) is 0 Å². The van der Waals surface area contributed by atoms with E-state index < -0.39 is 0 Å². The number of aliphatic hydroxyl groups excluding tert-OH is 1. The van der Waals surface area contributed by atoms with Gasteiger partial charge in [-0.25, -0.2) is 0 Å². The van der Waals surface area contributed by atoms with Crippen LogP contribution in [0.25, 0.3) is 0 Å². The van der Waals surface area contributed by atoms with Crippen LogP contribution in [-0.2, 0) is 0 Å². The summed E-state index contributed by atoms with van der Waals surface area (Å²) in [7, 11) is 0. The lowest BCUT2D eigenvalue weighted by molar-refractivity contribution is 0.209. The van der Waals surface area contributed by atoms with Crippen LogP contribution >= 0.6 is 0 Å². The van der Waals surface area contributed by atoms with Gasteiger partial charge in [-0.1, -0.05) is 19.1 Å². The molecular weight excluding hydrogens is 164 g/mol. The van der Waals surface area contributed by atoms with Crippen molar-refractivity contribution >= 4 is 0 Å². The van der Waals surface area contributed by atoms with Crippen molar-refractivity contribution in [3.05, 3.63) is 24.9 Å². The Morgan fingerprint density at radius 3 is 2.69 bits per heavy atom. The van der Waals surface area contributed by atoms with Crippen LogP contribution in [0, 0.1) is 5.92 Å². The Morgan fingerprint density at radius 1 is 1.54 bits per heavy atom. The van der Waals surface area contributed by atoms with Gasteiger partial charge in [0.25, 0.3) is 0 Å². The minimum absolute atomic E-state index is 0.0172. The van der Waals surface area contributed by atoms with Crippen molar-refractivity contribution in [2.45, 2.75) is 26.4 Å². The number of hydrogen-bond acceptors (Lipinski definition) is 3. The highest BCUT2D eigenvalue weighted by Crippen LogP contribution is 2.06. The molecule has 0 aliphatic heterocycles. The minimum atomic E-state index is -0.0172. The van der Waals surface area contributed by atoms with Gasteiger partial charge in [-0.15, -0.1) is 6.58 Å². The number of aliphatic hydroxyl groups is 1. The molecule has 0 saturated heterocycles. The van der Waals surface area contributed by atoms with Gasteiger partial charge >= 0.3 is 0 Å². The molecule has 0 aromatic carbocycles. The second-order valence-corrected chi connectivity index (χ2v) is 3.01. The van der Waals surface area contributed by atoms with Crippen LogP contribution in [0.3, 0.4) is 0 Å². The molecule has 76 valence electrons. The van der Waals surface area contributed by atoms with Crippen molar-refractivity contribution in [2.75, 3.05) is 6.73 Å². The average molecular weight is 184 g/mol. The largest absolute Gasteiger partial charge is 0.381 e. The topological polar surface area (TPSA) is 44.3 Å². The van der Waals surface area contributed by atoms with Crippen LogP contribution in [0.15, 0.2) is 24.9 Å². The van der Waals surface area contributed by atoms with E-state index in [0.717, 1.165) is 6.42 Å². The molecule has 0 aromatic heterocycles. The fourth-order valence-corrected chi connectivity index (χ4v) is 1.12. The molecule has 0 fully saturated rings. The molecule has 0 bridgehead atoms. The molecule has 2 atom stereocenters. The Labute approximate surface area is 80.5 Å². The van der Waals surface area contributed by atoms with Gasteiger partial charge in [-0.2, -0.15) is 0 Å². The summed E-state index contributed by atoms with van der Waals surface area (Å²) in [5.74, 6) is 0.404. The Balaban J connectivity index is 3.96. The maximum Gasteiger partial charge on any atom is 0.0947 e. The van der Waals surface area contributed by atoms with Gasteiger partial charge in [-0.05, 0) is 25.5 Å². The Morgan fingerprint density at radius 2 is 2.23 bits per heavy atom. The summed E-state index contributed by atoms with van der Waals surface area (Å²) < 4.78 is 0. The molecule has 0 spiro atoms. The van der Waals surface area contributed by atoms with E-state index in [9.17, 15) is 0 Å². The number of allylic oxidation sites excluding steroid dienone is 2. The van der Waals surface area contributed by atoms with E-state index in [2.05, 4.69) is 24.1 Å². The van der Waals surface area contributed by atoms with Crippen LogP contribution in [-0.4, -0.2) is 18.0 Å². The first-order valence-corrected chi connectivity index (χ1v) is 4.58. The van der Waals surface area contributed by atoms with Crippen molar-refractivity contribution < 1.29 is 5.11 Å². The molecule has 13 heavy (non-hydrogen) atoms. The van der Waals surface area contributed by atoms with Gasteiger partial charge in [0, 0.05) is 0 Å². The summed E-state index contributed by atoms with van der Waals surface area (Å²) in [5, 5.41) is 14.9. The van der Waals surface area contributed by atoms with Crippen molar-refractivity contribution in [3.8, 4) is 0 Å². The smallest absolute Gasteiger partial charge is 0.0947 e. The Bertz CT molecular complexity index is 157. The molecule has 0 heterocycles. The summed E-state index contributed by atoms with van der Waals surface area (Å²) >= 11 is 0. The second kappa shape index (κ2) is 7.83. The first kappa shape index (κ1) is 12.2. The zero-order valence-electron chi connectivity index (χ0n) is 8.46. The van der Waals surface area contributed by atoms with Gasteiger partial charge < -0.3 is 10.4 Å². The standard InChI is InChI=1S/C10H20N2O/c1-4-6-9(3)10(12-8-13)11-7-5-2/h4-5,7,9-13H,1,6,8H2,2-3H3/b7-5-/t9?,10-/m0/s1. The second-order valence-electron chi connectivity index (χ2n) is 3.01. The van der Waals surface area contributed by atoms with E-state index in [-0.39, 0.29) is 12.9 Å². The molecule has 3 N–H and O–H groups in total. The zero-order valence-corrected chi connectivity index (χ0v) is 8.46. The average Bonchev–Trinajstić information content (AvgIpc) is 2.12. The SMILES string of the molecule is C=CCC(C)[C@@H](N/C=C\C)NCO. The minimum Gasteiger partial charge on any atom is -0.381 e. The number of rotatable bonds is 7. The quantitative estimate of drug-likeness (QED) is 0.411. The van der Waals surface area contributed by atoms with Crippen molar-refractivity contribution in [2.24, 2.45) is 5.92 Å². The lowest BCUT2D eigenvalue weighted by Gasteiger charge is -2.23. The molecule has 0 radical (unpaired) electrons. The van der Waals surface area contributed by atoms with Crippen LogP contribution in [0.1, 0.15) is 20.3 Å². The van der Waals surface area contributed by atoms with E-state index in [1.807, 2.05) is 25.3 Å². The first-order valence-electron chi connectivity index (χ1n) is 4.58. The zero-order chi connectivity index (χ0) is 10.1. The molecule has 3 nitrogen and oxygen atoms in total. The van der Waals surface area contributed by atoms with E-state index in [0.29, 0.717) is 5.92 Å². The normalized spacial score (nSPS) is 15.6. The van der Waals surface area contributed by atoms with Gasteiger partial charge in [0.05, 0.1) is 12.9 Å². The van der Waals surface area contributed by atoms with Crippen LogP contribution in [0.2, 0.25) is 0 Å². The maximum absolute atomic E-state index is 8.75. The number of nitrogens with one attached hydrogen (secondary N) is 2. The van der Waals surface area contributed by atoms with Crippen molar-refractivity contribution in [1.82, 2.24) is 10.6 Å². The highest BCUT2D eigenvalue weighted by molar-refractivity contribution is 4.83. The van der Waals surface area contributed by atoms with Gasteiger partial charge in [0.2, 0.25) is 0 Å². The third-order valence-corrected chi connectivity index (χ3v) is 1.86. The molecule has 0 aliphatic rings. The fraction of sp³-hybridized carbons (Fsp3) is 0.600. The highest BCUT2D eigenvalue weighted by Gasteiger charge is 2.12. The first-order chi connectivity index (χ1) is 6.26. The summed E-state index contributed by atoms with van der Waals surface area (Å²) in [4.78, 5) is 0. The van der Waals surface area contributed by atoms with Gasteiger partial charge in [0.1, 0.15) is 0 Å². The molecular formula is C10H20N2O. The Hall–Kier alpha value is -0.800. The van der Waals surface area contributed by atoms with E-state index >= 15 is 0 Å². The summed E-state index contributed by atoms with van der Waals surface area (Å²) in [6.07, 6.45) is 6.69. The lowest BCUT2D eigenvalue weighted by atomic mass is 10.0. The third kappa shape index (κ3) is 5.44. The Kier molecular flexibility index (Phi) is 7.35. The van der Waals surface area contributed by atoms with Crippen LogP contribution in [0.5, 0.6) is 0 Å². The monoisotopic (exact) mass is 184 g/mol. The van der Waals surface area contributed by atoms with E-state index in [4.69, 9.17) is 5.11 Å². The molecule has 0 amide bonds. The molecule has 0 aromatic rings. The summed E-state index contributed by atoms with van der Waals surface area (Å²) in [5.41, 5.74) is 0. The van der Waals surface area contributed by atoms with Crippen molar-refractivity contribution in [1.29, 1.82) is 0 Å². The lowest BCUT2D eigenvalue weighted by Crippen LogP contribution is -2.44. The molecule has 0 saturated carbocycles. The maximum atomic E-state index is 8.75. The fourth-order valence-electron chi connectivity index (χ4n) is 1.12. The summed E-state index contributed by atoms with van der Waals surface area (Å²) in [6, 6.07) is 0. The number of hydrogen-bond donors (Lipinski definition) is 3. The van der Waals surface area contributed by atoms with Gasteiger partial charge in [-0.3, -0.25) is 5.32 Å². The summed E-state index contributed by atoms with van der Waals surface area (Å²) in [6.45, 7) is 7.72. The molecule has 0 aliphatic carbocycles. The molecule has 1 unspecified atom stereocenters. The highest BCUT2D eigenvalue weighted by atomic mass is 16.3. The molecule has 0 rings (SSSR count). The van der Waals surface area contributed by atoms with Crippen LogP contribution in [0.4, 0.5) is 0 Å².